The molecular weight excluding hydrogens is 256 g/mol. The number of carbonyl (C=O) groups is 1. The summed E-state index contributed by atoms with van der Waals surface area (Å²) in [5, 5.41) is 13.2. The molecule has 1 aromatic heterocycles. The van der Waals surface area contributed by atoms with Gasteiger partial charge in [-0.2, -0.15) is 5.10 Å². The van der Waals surface area contributed by atoms with E-state index >= 15 is 0 Å². The van der Waals surface area contributed by atoms with Crippen LogP contribution in [0.25, 0.3) is 0 Å². The van der Waals surface area contributed by atoms with E-state index in [2.05, 4.69) is 5.10 Å². The summed E-state index contributed by atoms with van der Waals surface area (Å²) in [5.74, 6) is -0.835. The molecule has 6 nitrogen and oxygen atoms in total. The van der Waals surface area contributed by atoms with Gasteiger partial charge >= 0.3 is 5.97 Å². The maximum atomic E-state index is 11.5. The molecule has 1 unspecified atom stereocenters. The average Bonchev–Trinajstić information content (AvgIpc) is 2.80. The van der Waals surface area contributed by atoms with Crippen molar-refractivity contribution in [3.63, 3.8) is 0 Å². The molecule has 100 valence electrons. The second kappa shape index (κ2) is 4.38. The highest BCUT2D eigenvalue weighted by Crippen LogP contribution is 2.29. The molecule has 1 saturated heterocycles. The van der Waals surface area contributed by atoms with Gasteiger partial charge in [0.05, 0.1) is 29.4 Å². The van der Waals surface area contributed by atoms with Crippen LogP contribution in [0, 0.1) is 0 Å². The lowest BCUT2D eigenvalue weighted by Gasteiger charge is -2.16. The van der Waals surface area contributed by atoms with Crippen molar-refractivity contribution in [3.8, 4) is 0 Å². The van der Waals surface area contributed by atoms with Gasteiger partial charge in [-0.3, -0.25) is 4.68 Å². The smallest absolute Gasteiger partial charge is 0.339 e. The Balaban J connectivity index is 2.43. The van der Waals surface area contributed by atoms with Crippen molar-refractivity contribution < 1.29 is 18.3 Å². The largest absolute Gasteiger partial charge is 0.478 e. The molecule has 0 spiro atoms. The van der Waals surface area contributed by atoms with Crippen molar-refractivity contribution in [2.75, 3.05) is 11.5 Å². The third-order valence-electron chi connectivity index (χ3n) is 3.17. The zero-order chi connectivity index (χ0) is 13.5. The minimum atomic E-state index is -3.01. The van der Waals surface area contributed by atoms with Crippen LogP contribution in [0.5, 0.6) is 0 Å². The molecule has 2 rings (SSSR count). The third kappa shape index (κ3) is 2.27. The highest BCUT2D eigenvalue weighted by molar-refractivity contribution is 7.91. The average molecular weight is 272 g/mol. The predicted molar refractivity (Wildman–Crippen MR) is 65.6 cm³/mol. The molecular formula is C11H16N2O4S. The van der Waals surface area contributed by atoms with E-state index in [-0.39, 0.29) is 29.0 Å². The van der Waals surface area contributed by atoms with Gasteiger partial charge in [0.1, 0.15) is 5.56 Å². The predicted octanol–water partition coefficient (Wildman–Crippen LogP) is 1.06. The van der Waals surface area contributed by atoms with Crippen LogP contribution in [0.15, 0.2) is 6.20 Å². The molecule has 0 amide bonds. The molecule has 0 radical (unpaired) electrons. The van der Waals surface area contributed by atoms with Gasteiger partial charge in [0.25, 0.3) is 0 Å². The second-order valence-electron chi connectivity index (χ2n) is 4.90. The number of hydrogen-bond donors (Lipinski definition) is 1. The lowest BCUT2D eigenvalue weighted by atomic mass is 10.1. The fourth-order valence-electron chi connectivity index (χ4n) is 2.37. The van der Waals surface area contributed by atoms with Crippen LogP contribution >= 0.6 is 0 Å². The summed E-state index contributed by atoms with van der Waals surface area (Å²) in [6.45, 7) is 3.76. The Hall–Kier alpha value is -1.37. The molecule has 7 heteroatoms. The first kappa shape index (κ1) is 13.1. The molecule has 1 aromatic rings. The van der Waals surface area contributed by atoms with Crippen molar-refractivity contribution in [2.24, 2.45) is 0 Å². The van der Waals surface area contributed by atoms with Crippen LogP contribution in [-0.2, 0) is 9.84 Å². The first-order chi connectivity index (χ1) is 8.32. The summed E-state index contributed by atoms with van der Waals surface area (Å²) in [7, 11) is -3.01. The highest BCUT2D eigenvalue weighted by Gasteiger charge is 2.32. The maximum Gasteiger partial charge on any atom is 0.339 e. The van der Waals surface area contributed by atoms with E-state index in [1.165, 1.54) is 6.20 Å². The number of sulfone groups is 1. The van der Waals surface area contributed by atoms with Crippen molar-refractivity contribution >= 4 is 15.8 Å². The van der Waals surface area contributed by atoms with Crippen LogP contribution in [0.4, 0.5) is 0 Å². The molecule has 1 N–H and O–H groups in total. The highest BCUT2D eigenvalue weighted by atomic mass is 32.2. The number of hydrogen-bond acceptors (Lipinski definition) is 4. The molecule has 18 heavy (non-hydrogen) atoms. The van der Waals surface area contributed by atoms with E-state index in [4.69, 9.17) is 5.11 Å². The number of carboxylic acid groups (broad SMARTS) is 1. The zero-order valence-corrected chi connectivity index (χ0v) is 11.1. The zero-order valence-electron chi connectivity index (χ0n) is 10.3. The number of aromatic carboxylic acids is 1. The van der Waals surface area contributed by atoms with Crippen LogP contribution in [-0.4, -0.2) is 40.8 Å². The van der Waals surface area contributed by atoms with Gasteiger partial charge in [0.2, 0.25) is 0 Å². The van der Waals surface area contributed by atoms with Crippen LogP contribution < -0.4 is 0 Å². The molecule has 0 bridgehead atoms. The summed E-state index contributed by atoms with van der Waals surface area (Å²) < 4.78 is 24.5. The fraction of sp³-hybridized carbons (Fsp3) is 0.636. The standard InChI is InChI=1S/C11H16N2O4S/c1-7(2)10-9(11(14)15)5-12-13(10)8-3-4-18(16,17)6-8/h5,7-8H,3-4,6H2,1-2H3,(H,14,15). The molecule has 0 aliphatic carbocycles. The van der Waals surface area contributed by atoms with E-state index < -0.39 is 15.8 Å². The summed E-state index contributed by atoms with van der Waals surface area (Å²) in [6, 6.07) is -0.236. The molecule has 0 saturated carbocycles. The number of nitrogens with zero attached hydrogens (tertiary/aromatic N) is 2. The number of rotatable bonds is 3. The SMILES string of the molecule is CC(C)c1c(C(=O)O)cnn1C1CCS(=O)(=O)C1. The second-order valence-corrected chi connectivity index (χ2v) is 7.13. The Morgan fingerprint density at radius 3 is 2.67 bits per heavy atom. The van der Waals surface area contributed by atoms with Gasteiger partial charge < -0.3 is 5.11 Å². The Kier molecular flexibility index (Phi) is 3.18. The normalized spacial score (nSPS) is 22.5. The fourth-order valence-corrected chi connectivity index (χ4v) is 4.06. The Morgan fingerprint density at radius 2 is 2.22 bits per heavy atom. The monoisotopic (exact) mass is 272 g/mol. The minimum absolute atomic E-state index is 0.0121. The van der Waals surface area contributed by atoms with Crippen molar-refractivity contribution in [3.05, 3.63) is 17.5 Å². The van der Waals surface area contributed by atoms with Gasteiger partial charge in [-0.15, -0.1) is 0 Å². The van der Waals surface area contributed by atoms with Gasteiger partial charge in [-0.1, -0.05) is 13.8 Å². The summed E-state index contributed by atoms with van der Waals surface area (Å²) in [4.78, 5) is 11.1. The summed E-state index contributed by atoms with van der Waals surface area (Å²) >= 11 is 0. The summed E-state index contributed by atoms with van der Waals surface area (Å²) in [6.07, 6.45) is 1.81. The molecule has 1 fully saturated rings. The van der Waals surface area contributed by atoms with E-state index in [1.807, 2.05) is 13.8 Å². The van der Waals surface area contributed by atoms with Crippen LogP contribution in [0.2, 0.25) is 0 Å². The maximum absolute atomic E-state index is 11.5. The summed E-state index contributed by atoms with van der Waals surface area (Å²) in [5.41, 5.74) is 0.763. The molecule has 2 heterocycles. The number of carboxylic acids is 1. The Bertz CT molecular complexity index is 574. The van der Waals surface area contributed by atoms with Gasteiger partial charge in [-0.05, 0) is 12.3 Å². The molecule has 1 aliphatic rings. The van der Waals surface area contributed by atoms with Crippen LogP contribution in [0.3, 0.4) is 0 Å². The van der Waals surface area contributed by atoms with E-state index in [0.29, 0.717) is 12.1 Å². The van der Waals surface area contributed by atoms with Crippen molar-refractivity contribution in [1.82, 2.24) is 9.78 Å². The molecule has 1 aliphatic heterocycles. The van der Waals surface area contributed by atoms with Gasteiger partial charge in [0, 0.05) is 0 Å². The van der Waals surface area contributed by atoms with Crippen LogP contribution in [0.1, 0.15) is 48.3 Å². The topological polar surface area (TPSA) is 89.3 Å². The van der Waals surface area contributed by atoms with E-state index in [1.54, 1.807) is 4.68 Å². The lowest BCUT2D eigenvalue weighted by molar-refractivity contribution is 0.0695. The first-order valence-corrected chi connectivity index (χ1v) is 7.65. The molecule has 1 atom stereocenters. The number of aromatic nitrogens is 2. The minimum Gasteiger partial charge on any atom is -0.478 e. The van der Waals surface area contributed by atoms with Crippen molar-refractivity contribution in [1.29, 1.82) is 0 Å². The van der Waals surface area contributed by atoms with Crippen molar-refractivity contribution in [2.45, 2.75) is 32.2 Å². The Morgan fingerprint density at radius 1 is 1.56 bits per heavy atom. The van der Waals surface area contributed by atoms with E-state index in [9.17, 15) is 13.2 Å². The first-order valence-electron chi connectivity index (χ1n) is 5.83. The van der Waals surface area contributed by atoms with E-state index in [0.717, 1.165) is 0 Å². The van der Waals surface area contributed by atoms with Gasteiger partial charge in [0.15, 0.2) is 9.84 Å². The third-order valence-corrected chi connectivity index (χ3v) is 4.92. The quantitative estimate of drug-likeness (QED) is 0.888. The Labute approximate surface area is 106 Å². The molecule has 0 aromatic carbocycles. The lowest BCUT2D eigenvalue weighted by Crippen LogP contribution is -2.17. The van der Waals surface area contributed by atoms with Gasteiger partial charge in [-0.25, -0.2) is 13.2 Å².